The van der Waals surface area contributed by atoms with E-state index in [2.05, 4.69) is 0 Å². The molecule has 0 spiro atoms. The van der Waals surface area contributed by atoms with Crippen LogP contribution in [-0.4, -0.2) is 151 Å². The Morgan fingerprint density at radius 1 is 0.898 bits per heavy atom. The van der Waals surface area contributed by atoms with E-state index in [0.717, 1.165) is 0 Å². The van der Waals surface area contributed by atoms with Crippen molar-refractivity contribution in [3.05, 3.63) is 0 Å². The molecule has 3 heterocycles. The molecule has 59 heavy (non-hydrogen) atoms. The molecule has 0 aliphatic carbocycles. The first-order chi connectivity index (χ1) is 27.1. The number of ether oxygens (including phenoxy) is 9. The summed E-state index contributed by atoms with van der Waals surface area (Å²) in [6.07, 6.45) is -7.37. The van der Waals surface area contributed by atoms with E-state index in [1.54, 1.807) is 41.7 Å². The van der Waals surface area contributed by atoms with E-state index in [0.29, 0.717) is 6.42 Å². The zero-order valence-electron chi connectivity index (χ0n) is 39.2. The standard InChI is InChI=1S/C44H79NO14/c1-19-31-44(14,50)36(48)25(4)34(47)23(2)21-42(12,51-17)37(58-40-33(45(15)16)30(20-24(3)53-40)59-41(9,10)11)26(5)35(27(6)39(49)56-31)57-32-22-43(13,52-18)38(28(7)54-32)55-29(8)46/h23-28,30-33,35-38,40,48,50H,19-22H2,1-18H3/t23-,24-,25+,26+,27-,28+,30-,31-,32-,33+,35+,36-,37-,38+,40+,42+,43-,44-/m1/s1. The Labute approximate surface area is 353 Å². The number of ketones is 1. The number of rotatable bonds is 10. The Balaban J connectivity index is 2.28. The van der Waals surface area contributed by atoms with E-state index >= 15 is 0 Å². The van der Waals surface area contributed by atoms with Crippen LogP contribution in [0.15, 0.2) is 0 Å². The third kappa shape index (κ3) is 12.0. The van der Waals surface area contributed by atoms with Gasteiger partial charge in [0.25, 0.3) is 0 Å². The second-order valence-corrected chi connectivity index (χ2v) is 19.4. The summed E-state index contributed by atoms with van der Waals surface area (Å²) in [4.78, 5) is 42.8. The van der Waals surface area contributed by atoms with Crippen molar-refractivity contribution in [1.82, 2.24) is 4.90 Å². The minimum absolute atomic E-state index is 0.129. The van der Waals surface area contributed by atoms with Gasteiger partial charge in [0.05, 0.1) is 59.8 Å². The fraction of sp³-hybridized carbons (Fsp3) is 0.932. The van der Waals surface area contributed by atoms with Gasteiger partial charge < -0.3 is 52.8 Å². The van der Waals surface area contributed by atoms with E-state index < -0.39 is 107 Å². The number of methoxy groups -OCH3 is 2. The van der Waals surface area contributed by atoms with Gasteiger partial charge in [0.2, 0.25) is 0 Å². The number of aliphatic hydroxyl groups is 2. The normalized spacial score (nSPS) is 44.8. The van der Waals surface area contributed by atoms with Crippen LogP contribution in [0.25, 0.3) is 0 Å². The molecule has 344 valence electrons. The minimum Gasteiger partial charge on any atom is -0.459 e. The molecule has 0 radical (unpaired) electrons. The van der Waals surface area contributed by atoms with E-state index in [-0.39, 0.29) is 43.3 Å². The number of nitrogens with zero attached hydrogens (tertiary/aromatic N) is 1. The van der Waals surface area contributed by atoms with Crippen molar-refractivity contribution in [2.24, 2.45) is 23.7 Å². The fourth-order valence-corrected chi connectivity index (χ4v) is 9.58. The van der Waals surface area contributed by atoms with Crippen LogP contribution < -0.4 is 0 Å². The van der Waals surface area contributed by atoms with Crippen molar-refractivity contribution in [2.45, 2.75) is 212 Å². The summed E-state index contributed by atoms with van der Waals surface area (Å²) >= 11 is 0. The number of carbonyl (C=O) groups excluding carboxylic acids is 3. The molecule has 3 aliphatic heterocycles. The Hall–Kier alpha value is -1.79. The molecular formula is C44H79NO14. The molecule has 18 atom stereocenters. The molecule has 0 aromatic heterocycles. The van der Waals surface area contributed by atoms with E-state index in [1.165, 1.54) is 21.0 Å². The number of esters is 2. The van der Waals surface area contributed by atoms with Crippen LogP contribution in [0.4, 0.5) is 0 Å². The summed E-state index contributed by atoms with van der Waals surface area (Å²) in [7, 11) is 6.97. The first kappa shape index (κ1) is 51.6. The van der Waals surface area contributed by atoms with Crippen molar-refractivity contribution in [2.75, 3.05) is 28.3 Å². The second kappa shape index (κ2) is 20.2. The summed E-state index contributed by atoms with van der Waals surface area (Å²) in [5, 5.41) is 23.3. The molecule has 0 amide bonds. The van der Waals surface area contributed by atoms with Crippen molar-refractivity contribution in [1.29, 1.82) is 0 Å². The fourth-order valence-electron chi connectivity index (χ4n) is 9.58. The molecule has 0 aromatic rings. The summed E-state index contributed by atoms with van der Waals surface area (Å²) in [5.74, 6) is -4.89. The second-order valence-electron chi connectivity index (χ2n) is 19.4. The number of hydrogen-bond acceptors (Lipinski definition) is 15. The molecule has 0 bridgehead atoms. The monoisotopic (exact) mass is 846 g/mol. The van der Waals surface area contributed by atoms with Gasteiger partial charge in [-0.05, 0) is 89.3 Å². The lowest BCUT2D eigenvalue weighted by molar-refractivity contribution is -0.320. The molecule has 3 aliphatic rings. The number of aliphatic hydroxyl groups excluding tert-OH is 1. The zero-order valence-corrected chi connectivity index (χ0v) is 39.2. The molecule has 0 aromatic carbocycles. The van der Waals surface area contributed by atoms with Gasteiger partial charge >= 0.3 is 11.9 Å². The van der Waals surface area contributed by atoms with Crippen LogP contribution in [0.2, 0.25) is 0 Å². The maximum Gasteiger partial charge on any atom is 0.311 e. The van der Waals surface area contributed by atoms with Crippen molar-refractivity contribution < 1.29 is 67.2 Å². The maximum absolute atomic E-state index is 14.4. The Kier molecular flexibility index (Phi) is 17.6. The summed E-state index contributed by atoms with van der Waals surface area (Å²) in [5.41, 5.74) is -4.70. The van der Waals surface area contributed by atoms with Crippen LogP contribution in [-0.2, 0) is 57.0 Å². The molecule has 15 nitrogen and oxygen atoms in total. The van der Waals surface area contributed by atoms with Gasteiger partial charge in [-0.15, -0.1) is 0 Å². The predicted molar refractivity (Wildman–Crippen MR) is 219 cm³/mol. The highest BCUT2D eigenvalue weighted by Gasteiger charge is 2.55. The Morgan fingerprint density at radius 3 is 1.98 bits per heavy atom. The first-order valence-electron chi connectivity index (χ1n) is 21.5. The van der Waals surface area contributed by atoms with Gasteiger partial charge in [0, 0.05) is 51.7 Å². The highest BCUT2D eigenvalue weighted by Crippen LogP contribution is 2.42. The van der Waals surface area contributed by atoms with Crippen LogP contribution in [0.3, 0.4) is 0 Å². The average Bonchev–Trinajstić information content (AvgIpc) is 3.13. The largest absolute Gasteiger partial charge is 0.459 e. The van der Waals surface area contributed by atoms with Crippen molar-refractivity contribution >= 4 is 17.7 Å². The smallest absolute Gasteiger partial charge is 0.311 e. The lowest BCUT2D eigenvalue weighted by atomic mass is 9.74. The first-order valence-corrected chi connectivity index (χ1v) is 21.5. The molecule has 15 heteroatoms. The zero-order chi connectivity index (χ0) is 45.2. The molecule has 0 unspecified atom stereocenters. The van der Waals surface area contributed by atoms with E-state index in [4.69, 9.17) is 42.6 Å². The molecular weight excluding hydrogens is 766 g/mol. The van der Waals surface area contributed by atoms with E-state index in [9.17, 15) is 24.6 Å². The highest BCUT2D eigenvalue weighted by molar-refractivity contribution is 5.83. The number of likely N-dealkylation sites (N-methyl/N-ethyl adjacent to an activating group) is 1. The van der Waals surface area contributed by atoms with Gasteiger partial charge in [-0.3, -0.25) is 19.3 Å². The van der Waals surface area contributed by atoms with Crippen LogP contribution in [0.5, 0.6) is 0 Å². The number of carbonyl (C=O) groups is 3. The molecule has 3 rings (SSSR count). The Bertz CT molecular complexity index is 1400. The van der Waals surface area contributed by atoms with Crippen LogP contribution in [0, 0.1) is 23.7 Å². The summed E-state index contributed by atoms with van der Waals surface area (Å²) in [6, 6.07) is -0.376. The number of cyclic esters (lactones) is 1. The van der Waals surface area contributed by atoms with Gasteiger partial charge in [0.15, 0.2) is 18.7 Å². The molecule has 3 saturated heterocycles. The lowest BCUT2D eigenvalue weighted by Gasteiger charge is -2.51. The van der Waals surface area contributed by atoms with Gasteiger partial charge in [-0.25, -0.2) is 0 Å². The highest BCUT2D eigenvalue weighted by atomic mass is 16.7. The maximum atomic E-state index is 14.4. The number of hydrogen-bond donors (Lipinski definition) is 2. The Morgan fingerprint density at radius 2 is 1.47 bits per heavy atom. The van der Waals surface area contributed by atoms with Gasteiger partial charge in [0.1, 0.15) is 23.1 Å². The van der Waals surface area contributed by atoms with Crippen LogP contribution in [0.1, 0.15) is 123 Å². The van der Waals surface area contributed by atoms with Crippen molar-refractivity contribution in [3.63, 3.8) is 0 Å². The van der Waals surface area contributed by atoms with Gasteiger partial charge in [-0.1, -0.05) is 27.7 Å². The molecule has 0 saturated carbocycles. The molecule has 3 fully saturated rings. The third-order valence-corrected chi connectivity index (χ3v) is 12.9. The third-order valence-electron chi connectivity index (χ3n) is 12.9. The quantitative estimate of drug-likeness (QED) is 0.286. The number of Topliss-reactive ketones (excluding diaryl/α,β-unsaturated/α-hetero) is 1. The lowest BCUT2D eigenvalue weighted by Crippen LogP contribution is -2.63. The van der Waals surface area contributed by atoms with Crippen LogP contribution >= 0.6 is 0 Å². The predicted octanol–water partition coefficient (Wildman–Crippen LogP) is 4.83. The van der Waals surface area contributed by atoms with E-state index in [1.807, 2.05) is 67.5 Å². The minimum atomic E-state index is -1.98. The summed E-state index contributed by atoms with van der Waals surface area (Å²) in [6.45, 7) is 24.8. The molecule has 2 N–H and O–H groups in total. The SMILES string of the molecule is CC[C@H]1OC(=O)[C@H](C)[C@@H](O[C@@H]2C[C@@](C)(OC)[C@@H](OC(C)=O)[C@H](C)O2)[C@H](C)[C@@H](O[C@@H]2O[C@H](C)C[C@@H](OC(C)(C)C)[C@@H]2N(C)C)[C@@](C)(OC)C[C@@H](C)C(=O)[C@H](C)[C@@H](O)[C@]1(C)O. The van der Waals surface area contributed by atoms with Crippen molar-refractivity contribution in [3.8, 4) is 0 Å². The topological polar surface area (TPSA) is 178 Å². The summed E-state index contributed by atoms with van der Waals surface area (Å²) < 4.78 is 57.9. The average molecular weight is 846 g/mol. The van der Waals surface area contributed by atoms with Gasteiger partial charge in [-0.2, -0.15) is 0 Å².